The van der Waals surface area contributed by atoms with Crippen molar-refractivity contribution in [1.29, 1.82) is 0 Å². The van der Waals surface area contributed by atoms with Crippen LogP contribution in [-0.4, -0.2) is 29.2 Å². The van der Waals surface area contributed by atoms with Gasteiger partial charge in [-0.15, -0.1) is 21.5 Å². The van der Waals surface area contributed by atoms with E-state index in [4.69, 9.17) is 0 Å². The molecule has 2 atom stereocenters. The number of nitrogens with zero attached hydrogens (tertiary/aromatic N) is 2. The van der Waals surface area contributed by atoms with Crippen molar-refractivity contribution in [3.63, 3.8) is 0 Å². The van der Waals surface area contributed by atoms with Crippen LogP contribution < -0.4 is 16.2 Å². The van der Waals surface area contributed by atoms with Crippen molar-refractivity contribution in [3.8, 4) is 0 Å². The summed E-state index contributed by atoms with van der Waals surface area (Å²) in [6, 6.07) is 6.07. The van der Waals surface area contributed by atoms with Gasteiger partial charge in [0.25, 0.3) is 0 Å². The fourth-order valence-corrected chi connectivity index (χ4v) is 3.33. The van der Waals surface area contributed by atoms with Crippen molar-refractivity contribution in [2.24, 2.45) is 5.92 Å². The SMILES string of the molecule is Cc1nnc(CCNC(=O)C2CNNC2c2cccc(F)c2)s1. The number of carbonyl (C=O) groups is 1. The second-order valence-electron chi connectivity index (χ2n) is 5.42. The van der Waals surface area contributed by atoms with E-state index in [1.165, 1.54) is 23.5 Å². The molecular formula is C15H18FN5OS. The Labute approximate surface area is 137 Å². The van der Waals surface area contributed by atoms with Crippen molar-refractivity contribution in [2.45, 2.75) is 19.4 Å². The third-order valence-electron chi connectivity index (χ3n) is 3.73. The molecule has 1 aliphatic rings. The zero-order valence-electron chi connectivity index (χ0n) is 12.7. The van der Waals surface area contributed by atoms with E-state index in [-0.39, 0.29) is 23.7 Å². The fraction of sp³-hybridized carbons (Fsp3) is 0.400. The van der Waals surface area contributed by atoms with E-state index in [0.717, 1.165) is 15.6 Å². The minimum atomic E-state index is -0.304. The van der Waals surface area contributed by atoms with Crippen molar-refractivity contribution in [1.82, 2.24) is 26.4 Å². The number of hydrogen-bond acceptors (Lipinski definition) is 6. The van der Waals surface area contributed by atoms with Gasteiger partial charge in [-0.25, -0.2) is 9.82 Å². The minimum absolute atomic E-state index is 0.0574. The third-order valence-corrected chi connectivity index (χ3v) is 4.63. The quantitative estimate of drug-likeness (QED) is 0.763. The van der Waals surface area contributed by atoms with Crippen LogP contribution in [0.1, 0.15) is 21.6 Å². The summed E-state index contributed by atoms with van der Waals surface area (Å²) >= 11 is 1.53. The number of halogens is 1. The maximum absolute atomic E-state index is 13.4. The molecule has 0 radical (unpaired) electrons. The van der Waals surface area contributed by atoms with E-state index in [1.807, 2.05) is 13.0 Å². The molecule has 122 valence electrons. The van der Waals surface area contributed by atoms with E-state index >= 15 is 0 Å². The fourth-order valence-electron chi connectivity index (χ4n) is 2.62. The molecule has 2 aromatic rings. The Morgan fingerprint density at radius 3 is 3.09 bits per heavy atom. The molecule has 0 aliphatic carbocycles. The Bertz CT molecular complexity index is 692. The molecule has 1 fully saturated rings. The van der Waals surface area contributed by atoms with Crippen LogP contribution in [0, 0.1) is 18.7 Å². The van der Waals surface area contributed by atoms with Gasteiger partial charge in [0, 0.05) is 19.5 Å². The number of amides is 1. The predicted molar refractivity (Wildman–Crippen MR) is 85.1 cm³/mol. The van der Waals surface area contributed by atoms with E-state index < -0.39 is 0 Å². The first-order valence-corrected chi connectivity index (χ1v) is 8.25. The van der Waals surface area contributed by atoms with Gasteiger partial charge in [-0.05, 0) is 24.6 Å². The molecule has 3 N–H and O–H groups in total. The molecule has 1 saturated heterocycles. The number of hydrazine groups is 1. The number of nitrogens with one attached hydrogen (secondary N) is 3. The topological polar surface area (TPSA) is 78.9 Å². The van der Waals surface area contributed by atoms with Crippen molar-refractivity contribution < 1.29 is 9.18 Å². The van der Waals surface area contributed by atoms with Gasteiger partial charge in [0.05, 0.1) is 12.0 Å². The Kier molecular flexibility index (Phi) is 4.94. The first kappa shape index (κ1) is 16.0. The normalized spacial score (nSPS) is 20.6. The predicted octanol–water partition coefficient (Wildman–Crippen LogP) is 1.11. The highest BCUT2D eigenvalue weighted by molar-refractivity contribution is 7.11. The van der Waals surface area contributed by atoms with Crippen LogP contribution in [0.25, 0.3) is 0 Å². The van der Waals surface area contributed by atoms with Crippen LogP contribution in [0.5, 0.6) is 0 Å². The minimum Gasteiger partial charge on any atom is -0.355 e. The summed E-state index contributed by atoms with van der Waals surface area (Å²) < 4.78 is 13.4. The molecule has 2 heterocycles. The monoisotopic (exact) mass is 335 g/mol. The van der Waals surface area contributed by atoms with Crippen molar-refractivity contribution in [3.05, 3.63) is 45.7 Å². The molecule has 0 bridgehead atoms. The summed E-state index contributed by atoms with van der Waals surface area (Å²) in [5, 5.41) is 12.7. The molecule has 2 unspecified atom stereocenters. The smallest absolute Gasteiger partial charge is 0.226 e. The second kappa shape index (κ2) is 7.12. The van der Waals surface area contributed by atoms with Crippen LogP contribution >= 0.6 is 11.3 Å². The van der Waals surface area contributed by atoms with Crippen LogP contribution in [-0.2, 0) is 11.2 Å². The summed E-state index contributed by atoms with van der Waals surface area (Å²) in [5.74, 6) is -0.645. The van der Waals surface area contributed by atoms with E-state index in [0.29, 0.717) is 19.5 Å². The summed E-state index contributed by atoms with van der Waals surface area (Å²) in [7, 11) is 0. The Balaban J connectivity index is 1.57. The average Bonchev–Trinajstić information content (AvgIpc) is 3.16. The number of hydrogen-bond donors (Lipinski definition) is 3. The Hall–Kier alpha value is -1.90. The number of rotatable bonds is 5. The molecule has 1 aromatic carbocycles. The molecule has 1 aliphatic heterocycles. The highest BCUT2D eigenvalue weighted by atomic mass is 32.1. The largest absolute Gasteiger partial charge is 0.355 e. The second-order valence-corrected chi connectivity index (χ2v) is 6.69. The lowest BCUT2D eigenvalue weighted by molar-refractivity contribution is -0.124. The van der Waals surface area contributed by atoms with Gasteiger partial charge in [0.1, 0.15) is 15.8 Å². The van der Waals surface area contributed by atoms with Gasteiger partial charge >= 0.3 is 0 Å². The molecule has 23 heavy (non-hydrogen) atoms. The van der Waals surface area contributed by atoms with Crippen LogP contribution in [0.2, 0.25) is 0 Å². The lowest BCUT2D eigenvalue weighted by Crippen LogP contribution is -2.36. The maximum Gasteiger partial charge on any atom is 0.226 e. The van der Waals surface area contributed by atoms with E-state index in [9.17, 15) is 9.18 Å². The molecule has 1 amide bonds. The first-order valence-electron chi connectivity index (χ1n) is 7.44. The van der Waals surface area contributed by atoms with Gasteiger partial charge in [-0.2, -0.15) is 0 Å². The van der Waals surface area contributed by atoms with E-state index in [2.05, 4.69) is 26.4 Å². The van der Waals surface area contributed by atoms with Gasteiger partial charge in [0.15, 0.2) is 0 Å². The van der Waals surface area contributed by atoms with Crippen LogP contribution in [0.3, 0.4) is 0 Å². The summed E-state index contributed by atoms with van der Waals surface area (Å²) in [4.78, 5) is 12.4. The Morgan fingerprint density at radius 2 is 2.35 bits per heavy atom. The molecular weight excluding hydrogens is 317 g/mol. The summed E-state index contributed by atoms with van der Waals surface area (Å²) in [6.45, 7) is 2.92. The number of aromatic nitrogens is 2. The Morgan fingerprint density at radius 1 is 1.48 bits per heavy atom. The first-order chi connectivity index (χ1) is 11.1. The highest BCUT2D eigenvalue weighted by Crippen LogP contribution is 2.25. The molecule has 1 aromatic heterocycles. The van der Waals surface area contributed by atoms with Gasteiger partial charge in [0.2, 0.25) is 5.91 Å². The summed E-state index contributed by atoms with van der Waals surface area (Å²) in [6.07, 6.45) is 0.662. The molecule has 0 saturated carbocycles. The molecule has 6 nitrogen and oxygen atoms in total. The zero-order chi connectivity index (χ0) is 16.2. The number of carbonyl (C=O) groups excluding carboxylic acids is 1. The molecule has 3 rings (SSSR count). The van der Waals surface area contributed by atoms with Crippen molar-refractivity contribution in [2.75, 3.05) is 13.1 Å². The third kappa shape index (κ3) is 3.90. The summed E-state index contributed by atoms with van der Waals surface area (Å²) in [5.41, 5.74) is 6.78. The van der Waals surface area contributed by atoms with Crippen LogP contribution in [0.15, 0.2) is 24.3 Å². The lowest BCUT2D eigenvalue weighted by atomic mass is 9.94. The molecule has 8 heteroatoms. The van der Waals surface area contributed by atoms with Crippen molar-refractivity contribution >= 4 is 17.2 Å². The maximum atomic E-state index is 13.4. The number of benzene rings is 1. The number of aryl methyl sites for hydroxylation is 1. The van der Waals surface area contributed by atoms with Gasteiger partial charge in [-0.3, -0.25) is 10.2 Å². The highest BCUT2D eigenvalue weighted by Gasteiger charge is 2.33. The average molecular weight is 335 g/mol. The zero-order valence-corrected chi connectivity index (χ0v) is 13.5. The molecule has 0 spiro atoms. The van der Waals surface area contributed by atoms with Crippen LogP contribution in [0.4, 0.5) is 4.39 Å². The lowest BCUT2D eigenvalue weighted by Gasteiger charge is -2.18. The van der Waals surface area contributed by atoms with Gasteiger partial charge in [-0.1, -0.05) is 12.1 Å². The van der Waals surface area contributed by atoms with E-state index in [1.54, 1.807) is 6.07 Å². The standard InChI is InChI=1S/C15H18FN5OS/c1-9-19-20-13(23-9)5-6-17-15(22)12-8-18-21-14(12)10-3-2-4-11(16)7-10/h2-4,7,12,14,18,21H,5-6,8H2,1H3,(H,17,22). The van der Waals surface area contributed by atoms with Gasteiger partial charge < -0.3 is 5.32 Å².